The zero-order valence-corrected chi connectivity index (χ0v) is 25.0. The normalized spacial score (nSPS) is 11.7. The van der Waals surface area contributed by atoms with Crippen molar-refractivity contribution in [3.05, 3.63) is 83.8 Å². The van der Waals surface area contributed by atoms with E-state index in [1.165, 1.54) is 16.5 Å². The molecule has 10 heteroatoms. The molecule has 0 fully saturated rings. The highest BCUT2D eigenvalue weighted by molar-refractivity contribution is 14.1. The monoisotopic (exact) mass is 662 g/mol. The molecule has 2 amide bonds. The van der Waals surface area contributed by atoms with Gasteiger partial charge in [-0.15, -0.1) is 0 Å². The van der Waals surface area contributed by atoms with Crippen LogP contribution in [0, 0.1) is 6.92 Å². The van der Waals surface area contributed by atoms with Crippen molar-refractivity contribution in [3.8, 4) is 5.69 Å². The Balaban J connectivity index is 1.43. The highest BCUT2D eigenvalue weighted by Gasteiger charge is 2.29. The number of carbonyl (C=O) groups excluding carboxylic acids is 1. The summed E-state index contributed by atoms with van der Waals surface area (Å²) in [5.41, 5.74) is 4.51. The molecule has 0 aliphatic heterocycles. The molecule has 0 atom stereocenters. The van der Waals surface area contributed by atoms with E-state index in [4.69, 9.17) is 9.47 Å². The summed E-state index contributed by atoms with van der Waals surface area (Å²) in [4.78, 5) is 18.5. The summed E-state index contributed by atoms with van der Waals surface area (Å²) < 4.78 is 37.6. The number of nitrogens with one attached hydrogen (secondary N) is 1. The van der Waals surface area contributed by atoms with Crippen molar-refractivity contribution in [2.45, 2.75) is 30.1 Å². The fourth-order valence-electron chi connectivity index (χ4n) is 4.48. The maximum absolute atomic E-state index is 14.0. The predicted molar refractivity (Wildman–Crippen MR) is 163 cm³/mol. The number of anilines is 2. The molecule has 1 N–H and O–H groups in total. The molecule has 0 radical (unpaired) electrons. The van der Waals surface area contributed by atoms with E-state index >= 15 is 0 Å². The highest BCUT2D eigenvalue weighted by Crippen LogP contribution is 2.38. The van der Waals surface area contributed by atoms with Crippen LogP contribution in [-0.2, 0) is 19.8 Å². The molecular formula is C30H33F2IN4O3. The number of rotatable bonds is 12. The van der Waals surface area contributed by atoms with Gasteiger partial charge in [0.05, 0.1) is 24.9 Å². The van der Waals surface area contributed by atoms with Gasteiger partial charge in [-0.25, -0.2) is 4.79 Å². The summed E-state index contributed by atoms with van der Waals surface area (Å²) in [7, 11) is 3.22. The number of carbonyl (C=O) groups is 1. The number of alkyl halides is 3. The number of pyridine rings is 1. The predicted octanol–water partition coefficient (Wildman–Crippen LogP) is 7.47. The molecule has 4 rings (SSSR count). The number of nitrogens with zero attached hydrogens (tertiary/aromatic N) is 3. The molecule has 0 saturated heterocycles. The molecule has 7 nitrogen and oxygen atoms in total. The van der Waals surface area contributed by atoms with Crippen molar-refractivity contribution in [3.63, 3.8) is 0 Å². The van der Waals surface area contributed by atoms with E-state index in [1.807, 2.05) is 36.5 Å². The molecule has 4 aromatic rings. The SMILES string of the molecule is COCCOCCCCc1cn(-c2ccc(NC(=O)N(C)c3ccc(C)c(C(F)(F)I)c3)cc2)c2cnccc12. The van der Waals surface area contributed by atoms with E-state index in [-0.39, 0.29) is 5.56 Å². The minimum absolute atomic E-state index is 0.113. The molecule has 2 aromatic heterocycles. The number of ether oxygens (including phenoxy) is 2. The smallest absolute Gasteiger partial charge is 0.326 e. The topological polar surface area (TPSA) is 68.6 Å². The van der Waals surface area contributed by atoms with Crippen molar-refractivity contribution in [1.29, 1.82) is 0 Å². The van der Waals surface area contributed by atoms with Gasteiger partial charge in [-0.2, -0.15) is 8.78 Å². The van der Waals surface area contributed by atoms with Gasteiger partial charge in [0.15, 0.2) is 0 Å². The van der Waals surface area contributed by atoms with Crippen molar-refractivity contribution in [2.24, 2.45) is 0 Å². The maximum atomic E-state index is 14.0. The van der Waals surface area contributed by atoms with Crippen LogP contribution in [0.1, 0.15) is 29.5 Å². The Labute approximate surface area is 246 Å². The number of halogens is 3. The fraction of sp³-hybridized carbons (Fsp3) is 0.333. The largest absolute Gasteiger partial charge is 0.382 e. The number of urea groups is 1. The second kappa shape index (κ2) is 13.5. The Morgan fingerprint density at radius 3 is 2.60 bits per heavy atom. The lowest BCUT2D eigenvalue weighted by molar-refractivity contribution is 0.0688. The van der Waals surface area contributed by atoms with Crippen LogP contribution >= 0.6 is 22.6 Å². The number of hydrogen-bond donors (Lipinski definition) is 1. The molecule has 0 bridgehead atoms. The van der Waals surface area contributed by atoms with Crippen LogP contribution in [0.2, 0.25) is 0 Å². The Morgan fingerprint density at radius 1 is 1.10 bits per heavy atom. The lowest BCUT2D eigenvalue weighted by atomic mass is 10.1. The van der Waals surface area contributed by atoms with Gasteiger partial charge < -0.3 is 19.4 Å². The zero-order valence-electron chi connectivity index (χ0n) is 22.8. The molecule has 0 spiro atoms. The molecule has 2 aromatic carbocycles. The van der Waals surface area contributed by atoms with Crippen molar-refractivity contribution in [2.75, 3.05) is 44.2 Å². The van der Waals surface area contributed by atoms with Crippen molar-refractivity contribution < 1.29 is 23.0 Å². The molecule has 0 aliphatic rings. The number of aromatic nitrogens is 2. The summed E-state index contributed by atoms with van der Waals surface area (Å²) in [5, 5.41) is 4.00. The van der Waals surface area contributed by atoms with E-state index in [2.05, 4.69) is 21.1 Å². The average molecular weight is 663 g/mol. The third-order valence-electron chi connectivity index (χ3n) is 6.72. The van der Waals surface area contributed by atoms with Crippen LogP contribution in [0.3, 0.4) is 0 Å². The van der Waals surface area contributed by atoms with Crippen LogP contribution in [0.25, 0.3) is 16.6 Å². The summed E-state index contributed by atoms with van der Waals surface area (Å²) in [6, 6.07) is 13.7. The standard InChI is InChI=1S/C30H33F2IN4O3/c1-21-7-10-25(18-27(21)30(31,32)33)36(2)29(38)35-23-8-11-24(12-9-23)37-20-22(26-13-14-34-19-28(26)37)6-4-5-15-40-17-16-39-3/h7-14,18-20H,4-6,15-17H2,1-3H3,(H,35,38). The van der Waals surface area contributed by atoms with E-state index in [1.54, 1.807) is 39.4 Å². The molecule has 0 aliphatic carbocycles. The Morgan fingerprint density at radius 2 is 1.88 bits per heavy atom. The number of benzene rings is 2. The number of amides is 2. The molecule has 2 heterocycles. The number of hydrogen-bond acceptors (Lipinski definition) is 4. The van der Waals surface area contributed by atoms with Crippen LogP contribution in [0.4, 0.5) is 25.0 Å². The number of methoxy groups -OCH3 is 1. The first-order chi connectivity index (χ1) is 19.2. The summed E-state index contributed by atoms with van der Waals surface area (Å²) in [5.74, 6) is 0. The van der Waals surface area contributed by atoms with Crippen LogP contribution in [-0.4, -0.2) is 49.6 Å². The van der Waals surface area contributed by atoms with Gasteiger partial charge in [0, 0.05) is 83.8 Å². The molecule has 40 heavy (non-hydrogen) atoms. The zero-order chi connectivity index (χ0) is 28.7. The summed E-state index contributed by atoms with van der Waals surface area (Å²) in [6.45, 7) is 3.55. The third kappa shape index (κ3) is 7.35. The van der Waals surface area contributed by atoms with Gasteiger partial charge in [0.2, 0.25) is 0 Å². The number of fused-ring (bicyclic) bond motifs is 1. The fourth-order valence-corrected chi connectivity index (χ4v) is 5.06. The van der Waals surface area contributed by atoms with Crippen molar-refractivity contribution >= 4 is 50.9 Å². The Kier molecular flexibility index (Phi) is 10.1. The lowest BCUT2D eigenvalue weighted by Gasteiger charge is -2.21. The Bertz CT molecular complexity index is 1440. The molecule has 0 saturated carbocycles. The van der Waals surface area contributed by atoms with Crippen LogP contribution in [0.15, 0.2) is 67.1 Å². The van der Waals surface area contributed by atoms with Gasteiger partial charge in [-0.1, -0.05) is 6.07 Å². The van der Waals surface area contributed by atoms with Crippen molar-refractivity contribution in [1.82, 2.24) is 9.55 Å². The van der Waals surface area contributed by atoms with E-state index < -0.39 is 9.96 Å². The average Bonchev–Trinajstić information content (AvgIpc) is 3.31. The maximum Gasteiger partial charge on any atom is 0.326 e. The van der Waals surface area contributed by atoms with Crippen LogP contribution in [0.5, 0.6) is 0 Å². The minimum Gasteiger partial charge on any atom is -0.382 e. The summed E-state index contributed by atoms with van der Waals surface area (Å²) >= 11 is 1.10. The lowest BCUT2D eigenvalue weighted by Crippen LogP contribution is -2.31. The van der Waals surface area contributed by atoms with E-state index in [9.17, 15) is 13.6 Å². The van der Waals surface area contributed by atoms with E-state index in [0.29, 0.717) is 36.8 Å². The first-order valence-electron chi connectivity index (χ1n) is 13.0. The minimum atomic E-state index is -3.03. The molecule has 0 unspecified atom stereocenters. The number of unbranched alkanes of at least 4 members (excludes halogenated alkanes) is 1. The second-order valence-corrected chi connectivity index (χ2v) is 10.9. The highest BCUT2D eigenvalue weighted by atomic mass is 127. The Hall–Kier alpha value is -3.09. The second-order valence-electron chi connectivity index (χ2n) is 9.51. The number of aryl methyl sites for hydroxylation is 2. The first kappa shape index (κ1) is 29.9. The molecule has 212 valence electrons. The van der Waals surface area contributed by atoms with Gasteiger partial charge >= 0.3 is 9.96 Å². The quantitative estimate of drug-likeness (QED) is 0.0972. The van der Waals surface area contributed by atoms with Gasteiger partial charge in [-0.3, -0.25) is 9.88 Å². The van der Waals surface area contributed by atoms with Gasteiger partial charge in [-0.05, 0) is 79.8 Å². The third-order valence-corrected chi connectivity index (χ3v) is 7.30. The first-order valence-corrected chi connectivity index (χ1v) is 14.1. The van der Waals surface area contributed by atoms with Gasteiger partial charge in [0.1, 0.15) is 0 Å². The van der Waals surface area contributed by atoms with E-state index in [0.717, 1.165) is 58.4 Å². The van der Waals surface area contributed by atoms with Crippen LogP contribution < -0.4 is 10.2 Å². The van der Waals surface area contributed by atoms with Gasteiger partial charge in [0.25, 0.3) is 0 Å². The molecular weight excluding hydrogens is 629 g/mol. The summed E-state index contributed by atoms with van der Waals surface area (Å²) in [6.07, 6.45) is 8.69.